The van der Waals surface area contributed by atoms with Crippen LogP contribution < -0.4 is 5.56 Å². The maximum absolute atomic E-state index is 12.4. The molecule has 116 valence electrons. The first-order chi connectivity index (χ1) is 10.2. The van der Waals surface area contributed by atoms with Crippen molar-refractivity contribution in [1.29, 1.82) is 0 Å². The summed E-state index contributed by atoms with van der Waals surface area (Å²) in [5, 5.41) is 0. The highest BCUT2D eigenvalue weighted by Gasteiger charge is 2.37. The number of fused-ring (bicyclic) bond motifs is 1. The molecule has 1 N–H and O–H groups in total. The predicted octanol–water partition coefficient (Wildman–Crippen LogP) is 3.23. The molecule has 0 spiro atoms. The summed E-state index contributed by atoms with van der Waals surface area (Å²) in [6, 6.07) is 0. The summed E-state index contributed by atoms with van der Waals surface area (Å²) in [7, 11) is 0. The van der Waals surface area contributed by atoms with Crippen LogP contribution in [-0.2, 0) is 23.2 Å². The van der Waals surface area contributed by atoms with E-state index >= 15 is 0 Å². The van der Waals surface area contributed by atoms with E-state index in [0.29, 0.717) is 6.61 Å². The van der Waals surface area contributed by atoms with Crippen LogP contribution in [0.4, 0.5) is 0 Å². The van der Waals surface area contributed by atoms with E-state index in [-0.39, 0.29) is 11.2 Å². The highest BCUT2D eigenvalue weighted by atomic mass is 16.5. The zero-order chi connectivity index (χ0) is 14.7. The summed E-state index contributed by atoms with van der Waals surface area (Å²) in [6.07, 6.45) is 10.8. The molecule has 3 rings (SSSR count). The first kappa shape index (κ1) is 14.8. The highest BCUT2D eigenvalue weighted by molar-refractivity contribution is 5.22. The Kier molecular flexibility index (Phi) is 4.43. The summed E-state index contributed by atoms with van der Waals surface area (Å²) >= 11 is 0. The number of nitrogens with one attached hydrogen (secondary N) is 1. The van der Waals surface area contributed by atoms with Crippen LogP contribution in [-0.4, -0.2) is 16.6 Å². The third-order valence-electron chi connectivity index (χ3n) is 4.95. The molecule has 0 unspecified atom stereocenters. The van der Waals surface area contributed by atoms with Crippen LogP contribution >= 0.6 is 0 Å². The normalized spacial score (nSPS) is 21.6. The Balaban J connectivity index is 2.02. The summed E-state index contributed by atoms with van der Waals surface area (Å²) in [5.74, 6) is 0.789. The van der Waals surface area contributed by atoms with Gasteiger partial charge in [0.1, 0.15) is 11.4 Å². The van der Waals surface area contributed by atoms with E-state index in [9.17, 15) is 4.79 Å². The summed E-state index contributed by atoms with van der Waals surface area (Å²) in [5.41, 5.74) is 1.63. The lowest BCUT2D eigenvalue weighted by Gasteiger charge is -2.32. The molecular formula is C17H26N2O2. The molecule has 4 heteroatoms. The third kappa shape index (κ3) is 2.91. The van der Waals surface area contributed by atoms with Crippen molar-refractivity contribution >= 4 is 0 Å². The first-order valence-corrected chi connectivity index (χ1v) is 8.52. The van der Waals surface area contributed by atoms with Crippen LogP contribution in [0, 0.1) is 0 Å². The molecule has 1 heterocycles. The predicted molar refractivity (Wildman–Crippen MR) is 82.5 cm³/mol. The van der Waals surface area contributed by atoms with Gasteiger partial charge in [-0.1, -0.05) is 25.7 Å². The summed E-state index contributed by atoms with van der Waals surface area (Å²) < 4.78 is 6.15. The monoisotopic (exact) mass is 290 g/mol. The lowest BCUT2D eigenvalue weighted by atomic mass is 9.91. The lowest BCUT2D eigenvalue weighted by molar-refractivity contribution is -0.0628. The molecule has 1 saturated carbocycles. The van der Waals surface area contributed by atoms with E-state index < -0.39 is 0 Å². The number of aryl methyl sites for hydroxylation is 1. The molecule has 0 amide bonds. The van der Waals surface area contributed by atoms with Gasteiger partial charge in [-0.15, -0.1) is 0 Å². The molecule has 1 aromatic heterocycles. The number of hydrogen-bond acceptors (Lipinski definition) is 3. The van der Waals surface area contributed by atoms with Crippen LogP contribution in [0.5, 0.6) is 0 Å². The maximum atomic E-state index is 12.4. The second kappa shape index (κ2) is 6.30. The zero-order valence-corrected chi connectivity index (χ0v) is 13.0. The Hall–Kier alpha value is -1.16. The molecule has 4 nitrogen and oxygen atoms in total. The average molecular weight is 290 g/mol. The fourth-order valence-corrected chi connectivity index (χ4v) is 3.84. The second-order valence-electron chi connectivity index (χ2n) is 6.39. The molecule has 0 radical (unpaired) electrons. The maximum Gasteiger partial charge on any atom is 0.254 e. The van der Waals surface area contributed by atoms with Gasteiger partial charge in [-0.2, -0.15) is 0 Å². The van der Waals surface area contributed by atoms with Crippen molar-refractivity contribution in [3.05, 3.63) is 27.4 Å². The van der Waals surface area contributed by atoms with Crippen LogP contribution in [0.1, 0.15) is 75.4 Å². The van der Waals surface area contributed by atoms with E-state index in [2.05, 4.69) is 4.98 Å². The van der Waals surface area contributed by atoms with Gasteiger partial charge >= 0.3 is 0 Å². The molecule has 0 aromatic carbocycles. The molecule has 0 atom stereocenters. The van der Waals surface area contributed by atoms with Crippen molar-refractivity contribution in [3.8, 4) is 0 Å². The Morgan fingerprint density at radius 2 is 1.81 bits per heavy atom. The van der Waals surface area contributed by atoms with Crippen molar-refractivity contribution in [2.45, 2.75) is 76.7 Å². The quantitative estimate of drug-likeness (QED) is 0.870. The number of H-pyrrole nitrogens is 1. The van der Waals surface area contributed by atoms with Gasteiger partial charge in [0.2, 0.25) is 0 Å². The number of rotatable bonds is 3. The zero-order valence-electron chi connectivity index (χ0n) is 13.0. The Morgan fingerprint density at radius 1 is 1.10 bits per heavy atom. The van der Waals surface area contributed by atoms with Gasteiger partial charge in [-0.3, -0.25) is 4.79 Å². The van der Waals surface area contributed by atoms with Crippen LogP contribution in [0.2, 0.25) is 0 Å². The number of hydrogen-bond donors (Lipinski definition) is 1. The van der Waals surface area contributed by atoms with Crippen LogP contribution in [0.3, 0.4) is 0 Å². The van der Waals surface area contributed by atoms with Gasteiger partial charge in [0, 0.05) is 12.2 Å². The summed E-state index contributed by atoms with van der Waals surface area (Å²) in [6.45, 7) is 2.70. The largest absolute Gasteiger partial charge is 0.367 e. The van der Waals surface area contributed by atoms with Crippen molar-refractivity contribution in [3.63, 3.8) is 0 Å². The minimum absolute atomic E-state index is 0.0676. The molecule has 2 aliphatic rings. The first-order valence-electron chi connectivity index (χ1n) is 8.52. The summed E-state index contributed by atoms with van der Waals surface area (Å²) in [4.78, 5) is 20.3. The van der Waals surface area contributed by atoms with Gasteiger partial charge in [0.05, 0.1) is 5.69 Å². The van der Waals surface area contributed by atoms with Crippen molar-refractivity contribution in [2.75, 3.05) is 6.61 Å². The van der Waals surface area contributed by atoms with Gasteiger partial charge in [0.25, 0.3) is 5.56 Å². The second-order valence-corrected chi connectivity index (χ2v) is 6.39. The average Bonchev–Trinajstić information content (AvgIpc) is 2.74. The minimum Gasteiger partial charge on any atom is -0.367 e. The van der Waals surface area contributed by atoms with E-state index in [1.807, 2.05) is 6.92 Å². The number of aromatic amines is 1. The molecule has 21 heavy (non-hydrogen) atoms. The Morgan fingerprint density at radius 3 is 2.52 bits per heavy atom. The van der Waals surface area contributed by atoms with E-state index in [1.54, 1.807) is 0 Å². The fraction of sp³-hybridized carbons (Fsp3) is 0.765. The van der Waals surface area contributed by atoms with Crippen LogP contribution in [0.15, 0.2) is 4.79 Å². The molecule has 2 aliphatic carbocycles. The Labute approximate surface area is 126 Å². The third-order valence-corrected chi connectivity index (χ3v) is 4.95. The molecule has 0 aliphatic heterocycles. The van der Waals surface area contributed by atoms with E-state index in [0.717, 1.165) is 68.4 Å². The van der Waals surface area contributed by atoms with Gasteiger partial charge in [-0.05, 0) is 45.4 Å². The molecule has 1 aromatic rings. The van der Waals surface area contributed by atoms with Crippen LogP contribution in [0.25, 0.3) is 0 Å². The van der Waals surface area contributed by atoms with E-state index in [4.69, 9.17) is 9.72 Å². The van der Waals surface area contributed by atoms with Gasteiger partial charge in [-0.25, -0.2) is 4.98 Å². The van der Waals surface area contributed by atoms with Crippen molar-refractivity contribution in [1.82, 2.24) is 9.97 Å². The Bertz CT molecular complexity index is 542. The smallest absolute Gasteiger partial charge is 0.254 e. The van der Waals surface area contributed by atoms with Gasteiger partial charge in [0.15, 0.2) is 0 Å². The number of ether oxygens (including phenoxy) is 1. The molecule has 1 fully saturated rings. The standard InChI is InChI=1S/C17H26N2O2/c1-2-21-17(11-7-3-4-8-12-17)16-18-14-10-6-5-9-13(14)15(20)19-16/h2-12H2,1H3,(H,18,19,20). The van der Waals surface area contributed by atoms with Crippen molar-refractivity contribution < 1.29 is 4.74 Å². The number of aromatic nitrogens is 2. The topological polar surface area (TPSA) is 55.0 Å². The molecule has 0 saturated heterocycles. The molecular weight excluding hydrogens is 264 g/mol. The van der Waals surface area contributed by atoms with Gasteiger partial charge < -0.3 is 9.72 Å². The number of nitrogens with zero attached hydrogens (tertiary/aromatic N) is 1. The SMILES string of the molecule is CCOC1(c2nc3c(c(=O)[nH]2)CCCC3)CCCCCC1. The highest BCUT2D eigenvalue weighted by Crippen LogP contribution is 2.37. The lowest BCUT2D eigenvalue weighted by Crippen LogP contribution is -2.36. The minimum atomic E-state index is -0.364. The fourth-order valence-electron chi connectivity index (χ4n) is 3.84. The van der Waals surface area contributed by atoms with E-state index in [1.165, 1.54) is 12.8 Å². The van der Waals surface area contributed by atoms with Crippen molar-refractivity contribution in [2.24, 2.45) is 0 Å². The molecule has 0 bridgehead atoms.